The Morgan fingerprint density at radius 1 is 1.30 bits per heavy atom. The van der Waals surface area contributed by atoms with Gasteiger partial charge in [0.1, 0.15) is 11.4 Å². The molecule has 1 aliphatic rings. The molecule has 9 heteroatoms. The normalized spacial score (nSPS) is 16.4. The fourth-order valence-electron chi connectivity index (χ4n) is 3.51. The summed E-state index contributed by atoms with van der Waals surface area (Å²) >= 11 is 0. The van der Waals surface area contributed by atoms with Gasteiger partial charge in [-0.15, -0.1) is 12.4 Å². The van der Waals surface area contributed by atoms with Crippen molar-refractivity contribution in [1.82, 2.24) is 10.2 Å². The van der Waals surface area contributed by atoms with Crippen LogP contribution in [0.2, 0.25) is 0 Å². The number of carbonyl (C=O) groups excluding carboxylic acids is 1. The maximum absolute atomic E-state index is 12.7. The second kappa shape index (κ2) is 10.9. The van der Waals surface area contributed by atoms with E-state index in [2.05, 4.69) is 46.7 Å². The highest BCUT2D eigenvalue weighted by atomic mass is 35.5. The first-order valence-corrected chi connectivity index (χ1v) is 9.67. The Morgan fingerprint density at radius 3 is 2.67 bits per heavy atom. The van der Waals surface area contributed by atoms with Crippen LogP contribution in [0.5, 0.6) is 5.75 Å². The monoisotopic (exact) mass is 434 g/mol. The first kappa shape index (κ1) is 23.6. The smallest absolute Gasteiger partial charge is 0.296 e. The third-order valence-electron chi connectivity index (χ3n) is 5.15. The molecule has 2 aromatic rings. The average molecular weight is 435 g/mol. The van der Waals surface area contributed by atoms with E-state index in [1.165, 1.54) is 24.8 Å². The summed E-state index contributed by atoms with van der Waals surface area (Å²) in [6.07, 6.45) is 0.982. The summed E-state index contributed by atoms with van der Waals surface area (Å²) in [6, 6.07) is 12.9. The molecule has 1 unspecified atom stereocenters. The number of halogens is 1. The number of ether oxygens (including phenoxy) is 1. The number of amides is 1. The van der Waals surface area contributed by atoms with E-state index in [0.29, 0.717) is 5.75 Å². The van der Waals surface area contributed by atoms with E-state index < -0.39 is 4.92 Å². The first-order valence-electron chi connectivity index (χ1n) is 9.67. The molecule has 1 fully saturated rings. The third kappa shape index (κ3) is 5.69. The summed E-state index contributed by atoms with van der Waals surface area (Å²) < 4.78 is 5.03. The molecule has 162 valence electrons. The Labute approximate surface area is 182 Å². The summed E-state index contributed by atoms with van der Waals surface area (Å²) in [4.78, 5) is 25.6. The predicted molar refractivity (Wildman–Crippen MR) is 119 cm³/mol. The molecule has 0 aliphatic carbocycles. The van der Waals surface area contributed by atoms with Gasteiger partial charge in [-0.2, -0.15) is 0 Å². The molecule has 3 rings (SSSR count). The van der Waals surface area contributed by atoms with Gasteiger partial charge in [-0.25, -0.2) is 0 Å². The molecule has 0 spiro atoms. The summed E-state index contributed by atoms with van der Waals surface area (Å²) in [5.41, 5.74) is 2.40. The first-order chi connectivity index (χ1) is 14.0. The number of nitro benzene ring substituents is 1. The third-order valence-corrected chi connectivity index (χ3v) is 5.15. The molecule has 0 bridgehead atoms. The lowest BCUT2D eigenvalue weighted by Crippen LogP contribution is -2.48. The van der Waals surface area contributed by atoms with E-state index in [9.17, 15) is 14.9 Å². The zero-order valence-corrected chi connectivity index (χ0v) is 17.9. The van der Waals surface area contributed by atoms with Gasteiger partial charge < -0.3 is 15.4 Å². The fraction of sp³-hybridized carbons (Fsp3) is 0.381. The number of piperazine rings is 1. The maximum Gasteiger partial charge on any atom is 0.296 e. The quantitative estimate of drug-likeness (QED) is 0.513. The van der Waals surface area contributed by atoms with Gasteiger partial charge >= 0.3 is 0 Å². The molecule has 1 heterocycles. The standard InChI is InChI=1S/C21H26N4O4.ClH/c1-3-15-4-6-16(7-5-15)20-13-22-10-11-24(20)14-21(26)23-18-9-8-17(29-2)12-19(18)25(27)28;/h4-9,12,20,22H,3,10-11,13-14H2,1-2H3,(H,23,26);1H. The van der Waals surface area contributed by atoms with Gasteiger partial charge in [-0.1, -0.05) is 31.2 Å². The molecule has 1 saturated heterocycles. The van der Waals surface area contributed by atoms with Crippen molar-refractivity contribution in [2.45, 2.75) is 19.4 Å². The zero-order chi connectivity index (χ0) is 20.8. The predicted octanol–water partition coefficient (Wildman–Crippen LogP) is 3.17. The van der Waals surface area contributed by atoms with Gasteiger partial charge in [-0.3, -0.25) is 19.8 Å². The Balaban J connectivity index is 0.00000320. The number of nitrogens with one attached hydrogen (secondary N) is 2. The lowest BCUT2D eigenvalue weighted by Gasteiger charge is -2.36. The van der Waals surface area contributed by atoms with Crippen LogP contribution in [0.25, 0.3) is 0 Å². The SMILES string of the molecule is CCc1ccc(C2CNCCN2CC(=O)Nc2ccc(OC)cc2[N+](=O)[O-])cc1.Cl. The Bertz CT molecular complexity index is 876. The molecule has 0 saturated carbocycles. The van der Waals surface area contributed by atoms with E-state index in [1.54, 1.807) is 6.07 Å². The number of carbonyl (C=O) groups is 1. The lowest BCUT2D eigenvalue weighted by molar-refractivity contribution is -0.384. The molecule has 30 heavy (non-hydrogen) atoms. The number of benzene rings is 2. The van der Waals surface area contributed by atoms with Gasteiger partial charge in [0.15, 0.2) is 0 Å². The summed E-state index contributed by atoms with van der Waals surface area (Å²) in [5.74, 6) is 0.0859. The van der Waals surface area contributed by atoms with Crippen molar-refractivity contribution in [3.05, 3.63) is 63.7 Å². The van der Waals surface area contributed by atoms with Crippen LogP contribution in [0, 0.1) is 10.1 Å². The van der Waals surface area contributed by atoms with Crippen LogP contribution in [0.1, 0.15) is 24.1 Å². The van der Waals surface area contributed by atoms with Crippen molar-refractivity contribution in [2.75, 3.05) is 38.6 Å². The minimum absolute atomic E-state index is 0. The van der Waals surface area contributed by atoms with Gasteiger partial charge in [0.25, 0.3) is 5.69 Å². The van der Waals surface area contributed by atoms with Crippen molar-refractivity contribution in [3.8, 4) is 5.75 Å². The van der Waals surface area contributed by atoms with Gasteiger partial charge in [0.2, 0.25) is 5.91 Å². The molecule has 0 radical (unpaired) electrons. The van der Waals surface area contributed by atoms with Crippen molar-refractivity contribution in [1.29, 1.82) is 0 Å². The largest absolute Gasteiger partial charge is 0.496 e. The Morgan fingerprint density at radius 2 is 2.03 bits per heavy atom. The minimum atomic E-state index is -0.527. The molecule has 2 aromatic carbocycles. The van der Waals surface area contributed by atoms with E-state index in [1.807, 2.05) is 0 Å². The molecule has 2 N–H and O–H groups in total. The molecular weight excluding hydrogens is 408 g/mol. The summed E-state index contributed by atoms with van der Waals surface area (Å²) in [5, 5.41) is 17.4. The van der Waals surface area contributed by atoms with Crippen LogP contribution in [-0.2, 0) is 11.2 Å². The van der Waals surface area contributed by atoms with Crippen LogP contribution in [0.4, 0.5) is 11.4 Å². The van der Waals surface area contributed by atoms with E-state index >= 15 is 0 Å². The van der Waals surface area contributed by atoms with Gasteiger partial charge in [0, 0.05) is 25.7 Å². The van der Waals surface area contributed by atoms with Crippen molar-refractivity contribution >= 4 is 29.7 Å². The van der Waals surface area contributed by atoms with E-state index in [-0.39, 0.29) is 42.3 Å². The Hall–Kier alpha value is -2.68. The number of nitrogens with zero attached hydrogens (tertiary/aromatic N) is 2. The number of rotatable bonds is 7. The molecular formula is C21H27ClN4O4. The maximum atomic E-state index is 12.7. The fourth-order valence-corrected chi connectivity index (χ4v) is 3.51. The van der Waals surface area contributed by atoms with Gasteiger partial charge in [-0.05, 0) is 29.7 Å². The highest BCUT2D eigenvalue weighted by Crippen LogP contribution is 2.29. The molecule has 1 atom stereocenters. The van der Waals surface area contributed by atoms with Crippen LogP contribution in [-0.4, -0.2) is 49.0 Å². The zero-order valence-electron chi connectivity index (χ0n) is 17.1. The number of nitro groups is 1. The molecule has 1 amide bonds. The molecule has 0 aromatic heterocycles. The van der Waals surface area contributed by atoms with Crippen molar-refractivity contribution in [2.24, 2.45) is 0 Å². The van der Waals surface area contributed by atoms with Crippen LogP contribution >= 0.6 is 12.4 Å². The molecule has 8 nitrogen and oxygen atoms in total. The number of anilines is 1. The highest BCUT2D eigenvalue weighted by Gasteiger charge is 2.26. The highest BCUT2D eigenvalue weighted by molar-refractivity contribution is 5.94. The van der Waals surface area contributed by atoms with Gasteiger partial charge in [0.05, 0.1) is 24.6 Å². The molecule has 1 aliphatic heterocycles. The van der Waals surface area contributed by atoms with Crippen LogP contribution < -0.4 is 15.4 Å². The second-order valence-electron chi connectivity index (χ2n) is 6.97. The lowest BCUT2D eigenvalue weighted by atomic mass is 10.0. The summed E-state index contributed by atoms with van der Waals surface area (Å²) in [6.45, 7) is 4.54. The number of aryl methyl sites for hydroxylation is 1. The van der Waals surface area contributed by atoms with E-state index in [4.69, 9.17) is 4.74 Å². The number of hydrogen-bond acceptors (Lipinski definition) is 6. The minimum Gasteiger partial charge on any atom is -0.496 e. The number of hydrogen-bond donors (Lipinski definition) is 2. The van der Waals surface area contributed by atoms with E-state index in [0.717, 1.165) is 31.6 Å². The number of methoxy groups -OCH3 is 1. The Kier molecular flexibility index (Phi) is 8.58. The van der Waals surface area contributed by atoms with Crippen molar-refractivity contribution in [3.63, 3.8) is 0 Å². The van der Waals surface area contributed by atoms with Crippen molar-refractivity contribution < 1.29 is 14.5 Å². The average Bonchev–Trinajstić information content (AvgIpc) is 2.74. The second-order valence-corrected chi connectivity index (χ2v) is 6.97. The topological polar surface area (TPSA) is 96.7 Å². The summed E-state index contributed by atoms with van der Waals surface area (Å²) in [7, 11) is 1.44. The van der Waals surface area contributed by atoms with Crippen LogP contribution in [0.3, 0.4) is 0 Å². The van der Waals surface area contributed by atoms with Crippen LogP contribution in [0.15, 0.2) is 42.5 Å².